The van der Waals surface area contributed by atoms with Crippen molar-refractivity contribution in [1.82, 2.24) is 0 Å². The molecule has 0 radical (unpaired) electrons. The molecule has 3 aliphatic heterocycles. The third-order valence-corrected chi connectivity index (χ3v) is 11.9. The maximum atomic E-state index is 14.3. The summed E-state index contributed by atoms with van der Waals surface area (Å²) < 4.78 is 69.5. The summed E-state index contributed by atoms with van der Waals surface area (Å²) >= 11 is 0. The normalized spacial score (nSPS) is 25.8. The minimum Gasteiger partial charge on any atom is -0.459 e. The van der Waals surface area contributed by atoms with Crippen molar-refractivity contribution in [3.05, 3.63) is 215 Å². The molecular weight excluding hydrogens is 917 g/mol. The van der Waals surface area contributed by atoms with Crippen LogP contribution in [0.3, 0.4) is 0 Å². The molecule has 0 N–H and O–H groups in total. The summed E-state index contributed by atoms with van der Waals surface area (Å²) in [5.74, 6) is -4.08. The molecule has 16 nitrogen and oxygen atoms in total. The first-order valence-electron chi connectivity index (χ1n) is 22.8. The summed E-state index contributed by atoms with van der Waals surface area (Å²) in [5.41, 5.74) is 1.44. The minimum atomic E-state index is -1.73. The summed E-state index contributed by atoms with van der Waals surface area (Å²) in [6.07, 6.45) is -15.7. The van der Waals surface area contributed by atoms with Crippen molar-refractivity contribution in [3.8, 4) is 0 Å². The molecule has 3 heterocycles. The lowest BCUT2D eigenvalue weighted by atomic mass is 9.95. The number of hydrogen-bond donors (Lipinski definition) is 0. The van der Waals surface area contributed by atoms with Crippen LogP contribution in [0.25, 0.3) is 0 Å². The van der Waals surface area contributed by atoms with Gasteiger partial charge in [0.1, 0.15) is 31.0 Å². The highest BCUT2D eigenvalue weighted by Crippen LogP contribution is 2.40. The van der Waals surface area contributed by atoms with Crippen molar-refractivity contribution in [3.63, 3.8) is 0 Å². The standard InChI is InChI=1S/C55H48O16/c1-61-54-46(68-51(59)37-26-14-5-15-27-37)44(66-49(57)35-22-10-3-11-23-35)43(40(64-54)32-62-48(56)34-20-8-2-9-21-34)71-55-47(69-52(60)38-28-16-6-17-29-38)45(67-50(58)36-24-12-4-13-25-36)42-41(65-55)33-63-53(70-42)39-30-18-7-19-31-39/h2-31,40-47,53-55H,32-33H2,1H3/t40-,41-,42-,43-,44+,45+,46-,47-,53?,54+,55+/m1/s1. The number of methoxy groups -OCH3 is 1. The fraction of sp³-hybridized carbons (Fsp3) is 0.255. The van der Waals surface area contributed by atoms with E-state index in [2.05, 4.69) is 0 Å². The van der Waals surface area contributed by atoms with Gasteiger partial charge in [-0.2, -0.15) is 0 Å². The summed E-state index contributed by atoms with van der Waals surface area (Å²) in [6.45, 7) is -0.695. The van der Waals surface area contributed by atoms with Gasteiger partial charge in [-0.25, -0.2) is 24.0 Å². The first-order chi connectivity index (χ1) is 34.7. The van der Waals surface area contributed by atoms with Crippen LogP contribution in [0.15, 0.2) is 182 Å². The Balaban J connectivity index is 1.14. The van der Waals surface area contributed by atoms with E-state index in [1.165, 1.54) is 43.5 Å². The lowest BCUT2D eigenvalue weighted by Gasteiger charge is -2.50. The Morgan fingerprint density at radius 1 is 0.437 bits per heavy atom. The van der Waals surface area contributed by atoms with Crippen molar-refractivity contribution >= 4 is 29.8 Å². The first kappa shape index (κ1) is 48.5. The second kappa shape index (κ2) is 22.9. The maximum Gasteiger partial charge on any atom is 0.338 e. The maximum absolute atomic E-state index is 14.3. The van der Waals surface area contributed by atoms with Gasteiger partial charge in [0.25, 0.3) is 0 Å². The van der Waals surface area contributed by atoms with E-state index in [4.69, 9.17) is 52.1 Å². The zero-order valence-corrected chi connectivity index (χ0v) is 38.1. The Morgan fingerprint density at radius 2 is 0.831 bits per heavy atom. The van der Waals surface area contributed by atoms with Gasteiger partial charge in [-0.3, -0.25) is 0 Å². The van der Waals surface area contributed by atoms with E-state index in [1.807, 2.05) is 18.2 Å². The molecule has 9 rings (SSSR count). The molecule has 11 atom stereocenters. The van der Waals surface area contributed by atoms with Gasteiger partial charge in [0.15, 0.2) is 43.3 Å². The molecule has 6 aromatic rings. The van der Waals surface area contributed by atoms with Crippen LogP contribution in [-0.2, 0) is 52.1 Å². The van der Waals surface area contributed by atoms with Crippen LogP contribution in [0.5, 0.6) is 0 Å². The number of fused-ring (bicyclic) bond motifs is 1. The van der Waals surface area contributed by atoms with Gasteiger partial charge < -0.3 is 52.1 Å². The van der Waals surface area contributed by atoms with Crippen LogP contribution in [0.2, 0.25) is 0 Å². The number of hydrogen-bond acceptors (Lipinski definition) is 16. The highest BCUT2D eigenvalue weighted by molar-refractivity contribution is 5.92. The molecule has 0 saturated carbocycles. The van der Waals surface area contributed by atoms with Crippen LogP contribution < -0.4 is 0 Å². The Hall–Kier alpha value is -7.57. The van der Waals surface area contributed by atoms with Crippen molar-refractivity contribution < 1.29 is 76.1 Å². The lowest BCUT2D eigenvalue weighted by Crippen LogP contribution is -2.68. The van der Waals surface area contributed by atoms with E-state index in [1.54, 1.807) is 127 Å². The minimum absolute atomic E-state index is 0.121. The molecule has 3 fully saturated rings. The van der Waals surface area contributed by atoms with E-state index in [0.29, 0.717) is 5.56 Å². The molecule has 1 unspecified atom stereocenters. The van der Waals surface area contributed by atoms with E-state index in [9.17, 15) is 24.0 Å². The molecule has 0 spiro atoms. The van der Waals surface area contributed by atoms with Crippen molar-refractivity contribution in [1.29, 1.82) is 0 Å². The zero-order valence-electron chi connectivity index (χ0n) is 38.1. The van der Waals surface area contributed by atoms with E-state index < -0.39 is 104 Å². The molecule has 0 aromatic heterocycles. The second-order valence-corrected chi connectivity index (χ2v) is 16.5. The van der Waals surface area contributed by atoms with Crippen LogP contribution in [0.1, 0.15) is 63.6 Å². The number of carbonyl (C=O) groups excluding carboxylic acids is 5. The fourth-order valence-corrected chi connectivity index (χ4v) is 8.36. The predicted molar refractivity (Wildman–Crippen MR) is 249 cm³/mol. The number of benzene rings is 6. The molecule has 3 saturated heterocycles. The Kier molecular flexibility index (Phi) is 15.6. The second-order valence-electron chi connectivity index (χ2n) is 16.5. The Labute approximate surface area is 408 Å². The monoisotopic (exact) mass is 964 g/mol. The third-order valence-electron chi connectivity index (χ3n) is 11.9. The van der Waals surface area contributed by atoms with Gasteiger partial charge in [-0.15, -0.1) is 0 Å². The molecule has 16 heteroatoms. The number of carbonyl (C=O) groups is 5. The van der Waals surface area contributed by atoms with Gasteiger partial charge in [-0.05, 0) is 60.7 Å². The van der Waals surface area contributed by atoms with Gasteiger partial charge in [0.2, 0.25) is 0 Å². The number of ether oxygens (including phenoxy) is 11. The molecule has 0 aliphatic carbocycles. The number of esters is 5. The highest BCUT2D eigenvalue weighted by Gasteiger charge is 2.58. The summed E-state index contributed by atoms with van der Waals surface area (Å²) in [7, 11) is 1.29. The van der Waals surface area contributed by atoms with Crippen molar-refractivity contribution in [2.24, 2.45) is 0 Å². The van der Waals surface area contributed by atoms with E-state index >= 15 is 0 Å². The highest BCUT2D eigenvalue weighted by atomic mass is 16.8. The van der Waals surface area contributed by atoms with E-state index in [0.717, 1.165) is 0 Å². The molecule has 71 heavy (non-hydrogen) atoms. The molecule has 3 aliphatic rings. The van der Waals surface area contributed by atoms with Gasteiger partial charge in [0, 0.05) is 12.7 Å². The van der Waals surface area contributed by atoms with Crippen LogP contribution in [0.4, 0.5) is 0 Å². The number of rotatable bonds is 15. The average molecular weight is 965 g/mol. The molecular formula is C55H48O16. The van der Waals surface area contributed by atoms with Gasteiger partial charge in [-0.1, -0.05) is 121 Å². The zero-order chi connectivity index (χ0) is 49.1. The Morgan fingerprint density at radius 3 is 1.28 bits per heavy atom. The average Bonchev–Trinajstić information content (AvgIpc) is 3.43. The fourth-order valence-electron chi connectivity index (χ4n) is 8.36. The first-order valence-corrected chi connectivity index (χ1v) is 22.8. The molecule has 364 valence electrons. The Bertz CT molecular complexity index is 2710. The van der Waals surface area contributed by atoms with Crippen LogP contribution >= 0.6 is 0 Å². The van der Waals surface area contributed by atoms with Crippen LogP contribution in [-0.4, -0.2) is 112 Å². The van der Waals surface area contributed by atoms with Crippen molar-refractivity contribution in [2.45, 2.75) is 67.7 Å². The molecule has 0 amide bonds. The predicted octanol–water partition coefficient (Wildman–Crippen LogP) is 7.34. The van der Waals surface area contributed by atoms with Gasteiger partial charge >= 0.3 is 29.8 Å². The third kappa shape index (κ3) is 11.6. The largest absolute Gasteiger partial charge is 0.459 e. The molecule has 6 aromatic carbocycles. The topological polar surface area (TPSA) is 187 Å². The SMILES string of the molecule is CO[C@H]1O[C@H](COC(=O)c2ccccc2)[C@@H](O[C@@H]2O[C@@H]3COC(c4ccccc4)O[C@H]3[C@H](OC(=O)c3ccccc3)[C@H]2OC(=O)c2ccccc2)[C@H](OC(=O)c2ccccc2)[C@H]1OC(=O)c1ccccc1. The smallest absolute Gasteiger partial charge is 0.338 e. The van der Waals surface area contributed by atoms with Crippen molar-refractivity contribution in [2.75, 3.05) is 20.3 Å². The summed E-state index contributed by atoms with van der Waals surface area (Å²) in [5, 5.41) is 0. The summed E-state index contributed by atoms with van der Waals surface area (Å²) in [6, 6.07) is 49.6. The molecule has 0 bridgehead atoms. The lowest BCUT2D eigenvalue weighted by molar-refractivity contribution is -0.382. The quantitative estimate of drug-likeness (QED) is 0.0734. The van der Waals surface area contributed by atoms with Gasteiger partial charge in [0.05, 0.1) is 34.4 Å². The van der Waals surface area contributed by atoms with E-state index in [-0.39, 0.29) is 34.4 Å². The summed E-state index contributed by atoms with van der Waals surface area (Å²) in [4.78, 5) is 70.2. The van der Waals surface area contributed by atoms with Crippen LogP contribution in [0, 0.1) is 0 Å².